The van der Waals surface area contributed by atoms with Crippen LogP contribution in [0.4, 0.5) is 0 Å². The fourth-order valence-corrected chi connectivity index (χ4v) is 6.77. The van der Waals surface area contributed by atoms with Gasteiger partial charge in [-0.25, -0.2) is 0 Å². The van der Waals surface area contributed by atoms with Gasteiger partial charge in [0, 0.05) is 19.0 Å². The van der Waals surface area contributed by atoms with Crippen LogP contribution < -0.4 is 11.1 Å². The Hall–Kier alpha value is -3.73. The Balaban J connectivity index is 1.51. The number of amides is 1. The van der Waals surface area contributed by atoms with E-state index in [-0.39, 0.29) is 24.2 Å². The van der Waals surface area contributed by atoms with Crippen LogP contribution in [0.25, 0.3) is 0 Å². The van der Waals surface area contributed by atoms with Crippen molar-refractivity contribution < 1.29 is 34.2 Å². The van der Waals surface area contributed by atoms with Crippen LogP contribution >= 0.6 is 0 Å². The number of hydrogen-bond donors (Lipinski definition) is 4. The van der Waals surface area contributed by atoms with Gasteiger partial charge in [-0.1, -0.05) is 36.4 Å². The van der Waals surface area contributed by atoms with E-state index in [2.05, 4.69) is 5.32 Å². The molecule has 6 atom stereocenters. The van der Waals surface area contributed by atoms with E-state index in [0.29, 0.717) is 18.7 Å². The maximum Gasteiger partial charge on any atom is 0.235 e. The Kier molecular flexibility index (Phi) is 6.74. The van der Waals surface area contributed by atoms with Gasteiger partial charge >= 0.3 is 0 Å². The summed E-state index contributed by atoms with van der Waals surface area (Å²) in [6.07, 6.45) is 0.263. The number of phenolic OH excluding ortho intramolecular Hbond substituents is 1. The molecule has 1 amide bonds. The molecule has 0 radical (unpaired) electrons. The SMILES string of the molecule is CN(C)C1C(=O)C(C(N)=O)C(=O)C2(O)C(=O)C3C(=O)c4c(O)ccc(CNCc5ccccc5)c4CC3CC12. The van der Waals surface area contributed by atoms with E-state index < -0.39 is 64.4 Å². The highest BCUT2D eigenvalue weighted by atomic mass is 16.3. The highest BCUT2D eigenvalue weighted by Crippen LogP contribution is 2.51. The van der Waals surface area contributed by atoms with Gasteiger partial charge in [-0.05, 0) is 55.6 Å². The lowest BCUT2D eigenvalue weighted by molar-refractivity contribution is -0.181. The molecule has 2 aromatic carbocycles. The molecular weight excluding hydrogens is 502 g/mol. The minimum absolute atomic E-state index is 0.000562. The normalized spacial score (nSPS) is 30.1. The zero-order valence-corrected chi connectivity index (χ0v) is 21.7. The predicted molar refractivity (Wildman–Crippen MR) is 138 cm³/mol. The number of fused-ring (bicyclic) bond motifs is 3. The van der Waals surface area contributed by atoms with Crippen LogP contribution in [0.2, 0.25) is 0 Å². The molecule has 5 rings (SSSR count). The van der Waals surface area contributed by atoms with Crippen LogP contribution in [-0.4, -0.2) is 69.9 Å². The number of phenols is 1. The molecule has 2 saturated carbocycles. The highest BCUT2D eigenvalue weighted by molar-refractivity contribution is 6.32. The fourth-order valence-electron chi connectivity index (χ4n) is 6.77. The highest BCUT2D eigenvalue weighted by Gasteiger charge is 2.69. The van der Waals surface area contributed by atoms with Crippen molar-refractivity contribution in [2.45, 2.75) is 37.6 Å². The number of aromatic hydroxyl groups is 1. The average molecular weight is 534 g/mol. The lowest BCUT2D eigenvalue weighted by Crippen LogP contribution is -2.74. The van der Waals surface area contributed by atoms with Gasteiger partial charge in [0.1, 0.15) is 5.75 Å². The summed E-state index contributed by atoms with van der Waals surface area (Å²) in [4.78, 5) is 67.6. The van der Waals surface area contributed by atoms with Crippen molar-refractivity contribution in [2.24, 2.45) is 29.4 Å². The van der Waals surface area contributed by atoms with E-state index in [1.165, 1.54) is 11.0 Å². The molecule has 0 aliphatic heterocycles. The molecule has 2 aromatic rings. The summed E-state index contributed by atoms with van der Waals surface area (Å²) >= 11 is 0. The van der Waals surface area contributed by atoms with Crippen LogP contribution in [0.1, 0.15) is 33.5 Å². The second-order valence-electron chi connectivity index (χ2n) is 11.0. The Morgan fingerprint density at radius 3 is 2.38 bits per heavy atom. The van der Waals surface area contributed by atoms with Gasteiger partial charge in [0.05, 0.1) is 17.5 Å². The zero-order valence-electron chi connectivity index (χ0n) is 21.7. The lowest BCUT2D eigenvalue weighted by Gasteiger charge is -2.52. The Morgan fingerprint density at radius 2 is 1.74 bits per heavy atom. The van der Waals surface area contributed by atoms with Gasteiger partial charge in [-0.2, -0.15) is 0 Å². The topological polar surface area (TPSA) is 167 Å². The quantitative estimate of drug-likeness (QED) is 0.378. The number of hydrogen-bond acceptors (Lipinski definition) is 9. The van der Waals surface area contributed by atoms with E-state index in [0.717, 1.165) is 11.1 Å². The molecule has 5 N–H and O–H groups in total. The molecule has 10 heteroatoms. The number of rotatable bonds is 6. The van der Waals surface area contributed by atoms with Crippen molar-refractivity contribution in [3.8, 4) is 5.75 Å². The number of primary amides is 1. The van der Waals surface area contributed by atoms with Crippen molar-refractivity contribution in [2.75, 3.05) is 14.1 Å². The molecule has 0 spiro atoms. The van der Waals surface area contributed by atoms with Crippen molar-refractivity contribution in [1.82, 2.24) is 10.2 Å². The third-order valence-electron chi connectivity index (χ3n) is 8.53. The summed E-state index contributed by atoms with van der Waals surface area (Å²) in [7, 11) is 3.12. The molecule has 3 aliphatic rings. The number of benzene rings is 2. The first-order valence-electron chi connectivity index (χ1n) is 12.9. The van der Waals surface area contributed by atoms with E-state index in [9.17, 15) is 34.2 Å². The second-order valence-corrected chi connectivity index (χ2v) is 11.0. The summed E-state index contributed by atoms with van der Waals surface area (Å²) in [6, 6.07) is 11.8. The standard InChI is InChI=1S/C29H31N3O7/c1-32(2)23-18-11-16-10-17-15(13-31-12-14-6-4-3-5-7-14)8-9-19(33)21(17)24(34)20(16)26(36)29(18,39)27(37)22(25(23)35)28(30)38/h3-9,16,18,20,22-23,31,33,39H,10-13H2,1-2H3,(H2,30,38). The van der Waals surface area contributed by atoms with Gasteiger partial charge in [-0.15, -0.1) is 0 Å². The number of Topliss-reactive ketones (excluding diaryl/α,β-unsaturated/α-hetero) is 4. The molecule has 39 heavy (non-hydrogen) atoms. The molecule has 10 nitrogen and oxygen atoms in total. The van der Waals surface area contributed by atoms with Gasteiger partial charge in [0.25, 0.3) is 0 Å². The molecule has 2 fully saturated rings. The number of ketones is 4. The van der Waals surface area contributed by atoms with Crippen LogP contribution in [0.5, 0.6) is 5.75 Å². The monoisotopic (exact) mass is 533 g/mol. The van der Waals surface area contributed by atoms with Crippen LogP contribution in [0, 0.1) is 23.7 Å². The minimum Gasteiger partial charge on any atom is -0.507 e. The van der Waals surface area contributed by atoms with Gasteiger partial charge in [0.2, 0.25) is 5.91 Å². The third-order valence-corrected chi connectivity index (χ3v) is 8.53. The number of likely N-dealkylation sites (N-methyl/N-ethyl adjacent to an activating group) is 1. The lowest BCUT2D eigenvalue weighted by atomic mass is 9.52. The smallest absolute Gasteiger partial charge is 0.235 e. The number of carbonyl (C=O) groups excluding carboxylic acids is 5. The Morgan fingerprint density at radius 1 is 1.05 bits per heavy atom. The van der Waals surface area contributed by atoms with Crippen LogP contribution in [0.3, 0.4) is 0 Å². The predicted octanol–water partition coefficient (Wildman–Crippen LogP) is 0.157. The third kappa shape index (κ3) is 4.10. The number of carbonyl (C=O) groups is 5. The molecule has 0 heterocycles. The second kappa shape index (κ2) is 9.78. The Labute approximate surface area is 225 Å². The van der Waals surface area contributed by atoms with Gasteiger partial charge in [-0.3, -0.25) is 28.9 Å². The number of nitrogens with one attached hydrogen (secondary N) is 1. The molecule has 0 bridgehead atoms. The molecule has 0 saturated heterocycles. The number of nitrogens with two attached hydrogens (primary N) is 1. The summed E-state index contributed by atoms with van der Waals surface area (Å²) in [5, 5.41) is 25.6. The summed E-state index contributed by atoms with van der Waals surface area (Å²) in [5.41, 5.74) is 5.09. The maximum absolute atomic E-state index is 13.8. The van der Waals surface area contributed by atoms with Gasteiger partial charge in [0.15, 0.2) is 34.7 Å². The zero-order chi connectivity index (χ0) is 28.2. The summed E-state index contributed by atoms with van der Waals surface area (Å²) in [5.74, 6) is -10.4. The van der Waals surface area contributed by atoms with E-state index in [4.69, 9.17) is 5.73 Å². The van der Waals surface area contributed by atoms with Crippen molar-refractivity contribution >= 4 is 29.0 Å². The van der Waals surface area contributed by atoms with E-state index in [1.54, 1.807) is 20.2 Å². The summed E-state index contributed by atoms with van der Waals surface area (Å²) in [6.45, 7) is 0.987. The number of nitrogens with zero attached hydrogens (tertiary/aromatic N) is 1. The van der Waals surface area contributed by atoms with Gasteiger partial charge < -0.3 is 21.3 Å². The van der Waals surface area contributed by atoms with Crippen molar-refractivity contribution in [3.05, 3.63) is 64.7 Å². The first-order chi connectivity index (χ1) is 18.5. The Bertz CT molecular complexity index is 1390. The summed E-state index contributed by atoms with van der Waals surface area (Å²) < 4.78 is 0. The molecule has 3 aliphatic carbocycles. The number of aliphatic hydroxyl groups is 1. The molecule has 0 aromatic heterocycles. The van der Waals surface area contributed by atoms with Crippen LogP contribution in [0.15, 0.2) is 42.5 Å². The largest absolute Gasteiger partial charge is 0.507 e. The van der Waals surface area contributed by atoms with Crippen molar-refractivity contribution in [1.29, 1.82) is 0 Å². The first kappa shape index (κ1) is 26.9. The molecular formula is C29H31N3O7. The van der Waals surface area contributed by atoms with Crippen molar-refractivity contribution in [3.63, 3.8) is 0 Å². The van der Waals surface area contributed by atoms with Crippen LogP contribution in [-0.2, 0) is 38.7 Å². The first-order valence-corrected chi connectivity index (χ1v) is 12.9. The molecule has 204 valence electrons. The van der Waals surface area contributed by atoms with E-state index >= 15 is 0 Å². The van der Waals surface area contributed by atoms with E-state index in [1.807, 2.05) is 30.3 Å². The maximum atomic E-state index is 13.8. The molecule has 6 unspecified atom stereocenters. The minimum atomic E-state index is -2.72. The average Bonchev–Trinajstić information content (AvgIpc) is 2.87. The fraction of sp³-hybridized carbons (Fsp3) is 0.414.